The molecule has 2 rings (SSSR count). The second-order valence-corrected chi connectivity index (χ2v) is 5.63. The number of piperidine rings is 1. The van der Waals surface area contributed by atoms with Crippen molar-refractivity contribution in [3.8, 4) is 0 Å². The standard InChI is InChI=1S/C14H26N2O2.ClH/c1-2-3-4-7-18-10-14(17)16-13-8-11-5-6-12(9-13)15-11;/h11-13,15H,2-10H2,1H3,(H,16,17);1H. The van der Waals surface area contributed by atoms with E-state index in [1.54, 1.807) is 0 Å². The third-order valence-corrected chi connectivity index (χ3v) is 3.96. The number of ether oxygens (including phenoxy) is 1. The molecule has 2 bridgehead atoms. The number of fused-ring (bicyclic) bond motifs is 2. The number of hydrogen-bond acceptors (Lipinski definition) is 3. The Hall–Kier alpha value is -0.320. The molecule has 2 saturated heterocycles. The highest BCUT2D eigenvalue weighted by Gasteiger charge is 2.33. The van der Waals surface area contributed by atoms with E-state index in [4.69, 9.17) is 4.74 Å². The van der Waals surface area contributed by atoms with Gasteiger partial charge in [0.25, 0.3) is 0 Å². The number of amides is 1. The van der Waals surface area contributed by atoms with Gasteiger partial charge in [-0.1, -0.05) is 19.8 Å². The maximum absolute atomic E-state index is 11.7. The summed E-state index contributed by atoms with van der Waals surface area (Å²) in [6.45, 7) is 3.10. The molecule has 4 nitrogen and oxygen atoms in total. The number of carbonyl (C=O) groups is 1. The fraction of sp³-hybridized carbons (Fsp3) is 0.929. The number of unbranched alkanes of at least 4 members (excludes halogenated alkanes) is 2. The van der Waals surface area contributed by atoms with Crippen LogP contribution in [0.25, 0.3) is 0 Å². The van der Waals surface area contributed by atoms with Crippen molar-refractivity contribution >= 4 is 18.3 Å². The summed E-state index contributed by atoms with van der Waals surface area (Å²) < 4.78 is 5.38. The minimum absolute atomic E-state index is 0. The van der Waals surface area contributed by atoms with Crippen LogP contribution >= 0.6 is 12.4 Å². The van der Waals surface area contributed by atoms with Crippen LogP contribution in [0.5, 0.6) is 0 Å². The Morgan fingerprint density at radius 1 is 1.26 bits per heavy atom. The van der Waals surface area contributed by atoms with Crippen LogP contribution in [0, 0.1) is 0 Å². The van der Waals surface area contributed by atoms with Gasteiger partial charge in [0, 0.05) is 24.7 Å². The molecule has 0 saturated carbocycles. The highest BCUT2D eigenvalue weighted by Crippen LogP contribution is 2.26. The first-order valence-corrected chi connectivity index (χ1v) is 7.41. The number of rotatable bonds is 7. The maximum Gasteiger partial charge on any atom is 0.246 e. The van der Waals surface area contributed by atoms with Gasteiger partial charge in [0.2, 0.25) is 5.91 Å². The van der Waals surface area contributed by atoms with E-state index in [1.807, 2.05) is 0 Å². The van der Waals surface area contributed by atoms with Gasteiger partial charge in [0.05, 0.1) is 0 Å². The molecule has 19 heavy (non-hydrogen) atoms. The van der Waals surface area contributed by atoms with Crippen LogP contribution in [0.15, 0.2) is 0 Å². The number of halogens is 1. The second-order valence-electron chi connectivity index (χ2n) is 5.63. The Kier molecular flexibility index (Phi) is 7.73. The van der Waals surface area contributed by atoms with Gasteiger partial charge in [-0.25, -0.2) is 0 Å². The zero-order chi connectivity index (χ0) is 12.8. The van der Waals surface area contributed by atoms with E-state index >= 15 is 0 Å². The molecule has 0 aromatic carbocycles. The second kappa shape index (κ2) is 8.77. The third-order valence-electron chi connectivity index (χ3n) is 3.96. The summed E-state index contributed by atoms with van der Waals surface area (Å²) in [5, 5.41) is 6.68. The van der Waals surface area contributed by atoms with Crippen LogP contribution in [-0.2, 0) is 9.53 Å². The van der Waals surface area contributed by atoms with Gasteiger partial charge >= 0.3 is 0 Å². The van der Waals surface area contributed by atoms with E-state index in [9.17, 15) is 4.79 Å². The van der Waals surface area contributed by atoms with Gasteiger partial charge in [-0.3, -0.25) is 4.79 Å². The normalized spacial score (nSPS) is 28.8. The van der Waals surface area contributed by atoms with Gasteiger partial charge < -0.3 is 15.4 Å². The minimum Gasteiger partial charge on any atom is -0.372 e. The molecule has 2 atom stereocenters. The molecule has 2 aliphatic heterocycles. The summed E-state index contributed by atoms with van der Waals surface area (Å²) >= 11 is 0. The highest BCUT2D eigenvalue weighted by atomic mass is 35.5. The van der Waals surface area contributed by atoms with E-state index in [-0.39, 0.29) is 24.9 Å². The molecule has 0 aromatic heterocycles. The van der Waals surface area contributed by atoms with Crippen LogP contribution in [0.3, 0.4) is 0 Å². The summed E-state index contributed by atoms with van der Waals surface area (Å²) in [5.74, 6) is 0.0535. The van der Waals surface area contributed by atoms with E-state index in [2.05, 4.69) is 17.6 Å². The molecule has 2 N–H and O–H groups in total. The molecule has 0 spiro atoms. The van der Waals surface area contributed by atoms with E-state index < -0.39 is 0 Å². The van der Waals surface area contributed by atoms with Crippen molar-refractivity contribution in [3.63, 3.8) is 0 Å². The molecule has 112 valence electrons. The molecular weight excluding hydrogens is 264 g/mol. The summed E-state index contributed by atoms with van der Waals surface area (Å²) in [7, 11) is 0. The van der Waals surface area contributed by atoms with E-state index in [0.717, 1.165) is 19.3 Å². The zero-order valence-electron chi connectivity index (χ0n) is 11.8. The lowest BCUT2D eigenvalue weighted by molar-refractivity contribution is -0.126. The lowest BCUT2D eigenvalue weighted by atomic mass is 10.00. The van der Waals surface area contributed by atoms with Crippen LogP contribution in [0.1, 0.15) is 51.9 Å². The largest absolute Gasteiger partial charge is 0.372 e. The molecule has 1 amide bonds. The Morgan fingerprint density at radius 2 is 1.95 bits per heavy atom. The monoisotopic (exact) mass is 290 g/mol. The molecule has 2 unspecified atom stereocenters. The van der Waals surface area contributed by atoms with Crippen molar-refractivity contribution in [2.45, 2.75) is 70.0 Å². The maximum atomic E-state index is 11.7. The number of carbonyl (C=O) groups excluding carboxylic acids is 1. The number of hydrogen-bond donors (Lipinski definition) is 2. The van der Waals surface area contributed by atoms with Crippen molar-refractivity contribution < 1.29 is 9.53 Å². The molecule has 0 aromatic rings. The fourth-order valence-electron chi connectivity index (χ4n) is 3.06. The smallest absolute Gasteiger partial charge is 0.246 e. The van der Waals surface area contributed by atoms with Crippen LogP contribution < -0.4 is 10.6 Å². The Bertz CT molecular complexity index is 264. The molecule has 2 heterocycles. The summed E-state index contributed by atoms with van der Waals surface area (Å²) in [5.41, 5.74) is 0. The quantitative estimate of drug-likeness (QED) is 0.705. The van der Waals surface area contributed by atoms with Crippen molar-refractivity contribution in [2.24, 2.45) is 0 Å². The van der Waals surface area contributed by atoms with Gasteiger partial charge in [-0.05, 0) is 32.1 Å². The Balaban J connectivity index is 0.00000180. The van der Waals surface area contributed by atoms with E-state index in [1.165, 1.54) is 25.7 Å². The molecular formula is C14H27ClN2O2. The first-order chi connectivity index (χ1) is 8.78. The lowest BCUT2D eigenvalue weighted by Crippen LogP contribution is -2.48. The summed E-state index contributed by atoms with van der Waals surface area (Å²) in [4.78, 5) is 11.7. The van der Waals surface area contributed by atoms with E-state index in [0.29, 0.717) is 24.7 Å². The van der Waals surface area contributed by atoms with Gasteiger partial charge in [-0.2, -0.15) is 0 Å². The van der Waals surface area contributed by atoms with Gasteiger partial charge in [0.1, 0.15) is 6.61 Å². The first-order valence-electron chi connectivity index (χ1n) is 7.41. The highest BCUT2D eigenvalue weighted by molar-refractivity contribution is 5.85. The van der Waals surface area contributed by atoms with Crippen molar-refractivity contribution in [1.29, 1.82) is 0 Å². The van der Waals surface area contributed by atoms with Gasteiger partial charge in [-0.15, -0.1) is 12.4 Å². The van der Waals surface area contributed by atoms with Crippen molar-refractivity contribution in [2.75, 3.05) is 13.2 Å². The molecule has 0 aliphatic carbocycles. The topological polar surface area (TPSA) is 50.4 Å². The molecule has 5 heteroatoms. The van der Waals surface area contributed by atoms with Gasteiger partial charge in [0.15, 0.2) is 0 Å². The molecule has 0 radical (unpaired) electrons. The zero-order valence-corrected chi connectivity index (χ0v) is 12.6. The average Bonchev–Trinajstić information content (AvgIpc) is 2.68. The third kappa shape index (κ3) is 5.67. The number of nitrogens with one attached hydrogen (secondary N) is 2. The van der Waals surface area contributed by atoms with Crippen molar-refractivity contribution in [1.82, 2.24) is 10.6 Å². The van der Waals surface area contributed by atoms with Crippen molar-refractivity contribution in [3.05, 3.63) is 0 Å². The van der Waals surface area contributed by atoms with Crippen LogP contribution in [0.2, 0.25) is 0 Å². The molecule has 2 aliphatic rings. The van der Waals surface area contributed by atoms with Crippen LogP contribution in [0.4, 0.5) is 0 Å². The summed E-state index contributed by atoms with van der Waals surface area (Å²) in [6.07, 6.45) is 8.12. The Labute approximate surface area is 122 Å². The lowest BCUT2D eigenvalue weighted by Gasteiger charge is -2.29. The predicted molar refractivity (Wildman–Crippen MR) is 78.7 cm³/mol. The first kappa shape index (κ1) is 16.7. The summed E-state index contributed by atoms with van der Waals surface area (Å²) in [6, 6.07) is 1.61. The molecule has 2 fully saturated rings. The SMILES string of the molecule is CCCCCOCC(=O)NC1CC2CCC(C1)N2.Cl. The van der Waals surface area contributed by atoms with Crippen LogP contribution in [-0.4, -0.2) is 37.2 Å². The predicted octanol–water partition coefficient (Wildman–Crippen LogP) is 2.01. The Morgan fingerprint density at radius 3 is 2.58 bits per heavy atom. The fourth-order valence-corrected chi connectivity index (χ4v) is 3.06. The minimum atomic E-state index is 0. The average molecular weight is 291 g/mol.